The van der Waals surface area contributed by atoms with Crippen LogP contribution in [0.15, 0.2) is 72.9 Å². The summed E-state index contributed by atoms with van der Waals surface area (Å²) in [5.74, 6) is -0.194. The second-order valence-electron chi connectivity index (χ2n) is 24.9. The van der Waals surface area contributed by atoms with Crippen LogP contribution >= 0.6 is 7.82 Å². The van der Waals surface area contributed by atoms with Gasteiger partial charge in [0.2, 0.25) is 5.91 Å². The predicted molar refractivity (Wildman–Crippen MR) is 353 cm³/mol. The van der Waals surface area contributed by atoms with Crippen LogP contribution in [0.25, 0.3) is 0 Å². The van der Waals surface area contributed by atoms with E-state index in [2.05, 4.69) is 79.9 Å². The molecule has 474 valence electrons. The van der Waals surface area contributed by atoms with Gasteiger partial charge in [-0.1, -0.05) is 331 Å². The monoisotopic (exact) mass is 1160 g/mol. The Morgan fingerprint density at radius 1 is 0.444 bits per heavy atom. The molecule has 0 radical (unpaired) electrons. The number of unbranched alkanes of at least 4 members (excludes halogenated alkanes) is 41. The zero-order valence-corrected chi connectivity index (χ0v) is 55.1. The number of amides is 1. The van der Waals surface area contributed by atoms with E-state index in [1.165, 1.54) is 238 Å². The van der Waals surface area contributed by atoms with Gasteiger partial charge in [0.15, 0.2) is 0 Å². The van der Waals surface area contributed by atoms with Gasteiger partial charge in [-0.2, -0.15) is 0 Å². The Balaban J connectivity index is 4.06. The third-order valence-corrected chi connectivity index (χ3v) is 16.6. The van der Waals surface area contributed by atoms with Crippen molar-refractivity contribution >= 4 is 13.7 Å². The number of phosphoric ester groups is 1. The smallest absolute Gasteiger partial charge is 0.268 e. The minimum Gasteiger partial charge on any atom is -0.756 e. The average Bonchev–Trinajstić information content (AvgIpc) is 3.43. The molecule has 0 saturated heterocycles. The number of quaternary nitrogens is 1. The molecule has 1 amide bonds. The van der Waals surface area contributed by atoms with Gasteiger partial charge < -0.3 is 28.8 Å². The number of aliphatic hydroxyl groups is 1. The third kappa shape index (κ3) is 65.3. The van der Waals surface area contributed by atoms with E-state index in [0.717, 1.165) is 70.6 Å². The van der Waals surface area contributed by atoms with E-state index in [1.54, 1.807) is 6.08 Å². The maximum Gasteiger partial charge on any atom is 0.268 e. The summed E-state index contributed by atoms with van der Waals surface area (Å²) >= 11 is 0. The predicted octanol–water partition coefficient (Wildman–Crippen LogP) is 21.5. The number of likely N-dealkylation sites (N-methyl/N-ethyl adjacent to an activating group) is 1. The van der Waals surface area contributed by atoms with Crippen LogP contribution in [-0.4, -0.2) is 68.5 Å². The summed E-state index contributed by atoms with van der Waals surface area (Å²) in [5, 5.41) is 14.0. The van der Waals surface area contributed by atoms with Crippen LogP contribution in [0, 0.1) is 0 Å². The minimum absolute atomic E-state index is 0.00135. The van der Waals surface area contributed by atoms with Gasteiger partial charge in [-0.05, 0) is 64.2 Å². The number of phosphoric acid groups is 1. The molecule has 0 bridgehead atoms. The van der Waals surface area contributed by atoms with Gasteiger partial charge in [-0.15, -0.1) is 0 Å². The lowest BCUT2D eigenvalue weighted by Crippen LogP contribution is -2.45. The van der Waals surface area contributed by atoms with Crippen molar-refractivity contribution < 1.29 is 32.9 Å². The average molecular weight is 1160 g/mol. The normalized spacial score (nSPS) is 14.1. The van der Waals surface area contributed by atoms with Crippen LogP contribution in [0.5, 0.6) is 0 Å². The second kappa shape index (κ2) is 62.5. The summed E-state index contributed by atoms with van der Waals surface area (Å²) in [4.78, 5) is 25.6. The van der Waals surface area contributed by atoms with Crippen molar-refractivity contribution in [2.45, 2.75) is 341 Å². The second-order valence-corrected chi connectivity index (χ2v) is 26.3. The Hall–Kier alpha value is -2.06. The van der Waals surface area contributed by atoms with Crippen LogP contribution in [-0.2, 0) is 18.4 Å². The molecule has 0 aliphatic carbocycles. The molecule has 0 saturated carbocycles. The molecule has 3 atom stereocenters. The molecule has 81 heavy (non-hydrogen) atoms. The van der Waals surface area contributed by atoms with Crippen LogP contribution in [0.1, 0.15) is 328 Å². The Morgan fingerprint density at radius 3 is 1.10 bits per heavy atom. The summed E-state index contributed by atoms with van der Waals surface area (Å²) < 4.78 is 23.5. The van der Waals surface area contributed by atoms with Gasteiger partial charge in [-0.25, -0.2) is 0 Å². The van der Waals surface area contributed by atoms with Gasteiger partial charge in [-0.3, -0.25) is 9.36 Å². The lowest BCUT2D eigenvalue weighted by molar-refractivity contribution is -0.870. The number of nitrogens with zero attached hydrogens (tertiary/aromatic N) is 1. The SMILES string of the molecule is CC/C=C\C/C=C\C/C=C\C/C=C\C/C=C\CCCCCCCCCCCCCCCCCCCC(=O)NC(COP(=O)([O-])OCC[N+](C)(C)C)C(O)/C=C/CCCCCCCCCCCCCCCCCCCCCCCCCC. The van der Waals surface area contributed by atoms with E-state index < -0.39 is 20.0 Å². The van der Waals surface area contributed by atoms with Crippen LogP contribution in [0.4, 0.5) is 0 Å². The van der Waals surface area contributed by atoms with Crippen LogP contribution in [0.2, 0.25) is 0 Å². The van der Waals surface area contributed by atoms with Gasteiger partial charge in [0.1, 0.15) is 13.2 Å². The summed E-state index contributed by atoms with van der Waals surface area (Å²) in [5.41, 5.74) is 0. The highest BCUT2D eigenvalue weighted by atomic mass is 31.2. The number of carbonyl (C=O) groups excluding carboxylic acids is 1. The topological polar surface area (TPSA) is 108 Å². The first-order valence-electron chi connectivity index (χ1n) is 34.8. The van der Waals surface area contributed by atoms with Crippen molar-refractivity contribution in [3.8, 4) is 0 Å². The highest BCUT2D eigenvalue weighted by Crippen LogP contribution is 2.38. The highest BCUT2D eigenvalue weighted by molar-refractivity contribution is 7.45. The standard InChI is InChI=1S/C72H135N2O6P/c1-6-8-10-12-14-16-18-20-22-24-26-28-30-32-34-35-36-37-38-39-40-42-44-46-48-50-52-54-56-58-60-62-64-66-72(76)73-70(69-80-81(77,78)79-68-67-74(3,4)5)71(75)65-63-61-59-57-55-53-51-49-47-45-43-41-33-31-29-27-25-23-21-19-17-15-13-11-9-7-2/h8,10,14,16,20,22,26,28,32,34,63,65,70-71,75H,6-7,9,11-13,15,17-19,21,23-25,27,29-31,33,35-62,64,66-69H2,1-5H3,(H-,73,76,77,78)/b10-8-,16-14-,22-20-,28-26-,34-32-,65-63+. The maximum atomic E-state index is 13.0. The van der Waals surface area contributed by atoms with E-state index >= 15 is 0 Å². The molecule has 9 heteroatoms. The van der Waals surface area contributed by atoms with E-state index in [4.69, 9.17) is 9.05 Å². The van der Waals surface area contributed by atoms with Crippen molar-refractivity contribution in [2.24, 2.45) is 0 Å². The van der Waals surface area contributed by atoms with Gasteiger partial charge in [0, 0.05) is 6.42 Å². The molecular weight excluding hydrogens is 1020 g/mol. The fraction of sp³-hybridized carbons (Fsp3) is 0.819. The number of nitrogens with one attached hydrogen (secondary N) is 1. The number of aliphatic hydroxyl groups excluding tert-OH is 1. The number of carbonyl (C=O) groups is 1. The van der Waals surface area contributed by atoms with Gasteiger partial charge in [0.05, 0.1) is 39.9 Å². The highest BCUT2D eigenvalue weighted by Gasteiger charge is 2.23. The largest absolute Gasteiger partial charge is 0.756 e. The number of hydrogen-bond acceptors (Lipinski definition) is 6. The van der Waals surface area contributed by atoms with Crippen molar-refractivity contribution in [3.63, 3.8) is 0 Å². The molecule has 2 N–H and O–H groups in total. The van der Waals surface area contributed by atoms with E-state index in [9.17, 15) is 19.4 Å². The summed E-state index contributed by atoms with van der Waals surface area (Å²) in [6, 6.07) is -0.890. The zero-order chi connectivity index (χ0) is 59.1. The Kier molecular flexibility index (Phi) is 60.9. The van der Waals surface area contributed by atoms with Gasteiger partial charge in [0.25, 0.3) is 7.82 Å². The lowest BCUT2D eigenvalue weighted by atomic mass is 10.0. The number of hydrogen-bond donors (Lipinski definition) is 2. The molecule has 0 aromatic heterocycles. The molecule has 0 aromatic rings. The molecule has 3 unspecified atom stereocenters. The Morgan fingerprint density at radius 2 is 0.753 bits per heavy atom. The van der Waals surface area contributed by atoms with E-state index in [1.807, 2.05) is 27.2 Å². The van der Waals surface area contributed by atoms with Crippen molar-refractivity contribution in [2.75, 3.05) is 40.9 Å². The third-order valence-electron chi connectivity index (χ3n) is 15.7. The van der Waals surface area contributed by atoms with E-state index in [0.29, 0.717) is 17.4 Å². The van der Waals surface area contributed by atoms with Crippen molar-refractivity contribution in [1.82, 2.24) is 5.32 Å². The quantitative estimate of drug-likeness (QED) is 0.0272. The molecule has 0 spiro atoms. The number of rotatable bonds is 64. The lowest BCUT2D eigenvalue weighted by Gasteiger charge is -2.29. The molecule has 0 aliphatic heterocycles. The first-order valence-corrected chi connectivity index (χ1v) is 36.3. The maximum absolute atomic E-state index is 13.0. The minimum atomic E-state index is -4.61. The number of allylic oxidation sites excluding steroid dienone is 11. The first kappa shape index (κ1) is 78.9. The molecular formula is C72H135N2O6P. The summed E-state index contributed by atoms with van der Waals surface area (Å²) in [6.07, 6.45) is 87.3. The van der Waals surface area contributed by atoms with Crippen LogP contribution < -0.4 is 10.2 Å². The summed E-state index contributed by atoms with van der Waals surface area (Å²) in [6.45, 7) is 4.58. The molecule has 0 aliphatic rings. The van der Waals surface area contributed by atoms with Gasteiger partial charge >= 0.3 is 0 Å². The van der Waals surface area contributed by atoms with Crippen molar-refractivity contribution in [1.29, 1.82) is 0 Å². The van der Waals surface area contributed by atoms with Crippen LogP contribution in [0.3, 0.4) is 0 Å². The fourth-order valence-electron chi connectivity index (χ4n) is 10.3. The fourth-order valence-corrected chi connectivity index (χ4v) is 11.0. The molecule has 0 aromatic carbocycles. The van der Waals surface area contributed by atoms with Crippen molar-refractivity contribution in [3.05, 3.63) is 72.9 Å². The van der Waals surface area contributed by atoms with E-state index in [-0.39, 0.29) is 19.1 Å². The molecule has 0 fully saturated rings. The Bertz CT molecular complexity index is 1550. The first-order chi connectivity index (χ1) is 39.5. The molecule has 0 heterocycles. The summed E-state index contributed by atoms with van der Waals surface area (Å²) in [7, 11) is 1.27. The molecule has 8 nitrogen and oxygen atoms in total. The Labute approximate surface area is 504 Å². The zero-order valence-electron chi connectivity index (χ0n) is 54.2. The molecule has 0 rings (SSSR count).